The molecule has 256 valence electrons. The smallest absolute Gasteiger partial charge is 0.333 e. The van der Waals surface area contributed by atoms with E-state index in [0.717, 1.165) is 6.42 Å². The summed E-state index contributed by atoms with van der Waals surface area (Å²) in [5.41, 5.74) is 19.3. The lowest BCUT2D eigenvalue weighted by atomic mass is 9.43. The van der Waals surface area contributed by atoms with Crippen molar-refractivity contribution < 1.29 is 0 Å². The second kappa shape index (κ2) is 12.0. The number of fused-ring (bicyclic) bond motifs is 7. The van der Waals surface area contributed by atoms with Gasteiger partial charge < -0.3 is 9.71 Å². The number of para-hydroxylation sites is 1. The van der Waals surface area contributed by atoms with Crippen molar-refractivity contribution in [3.05, 3.63) is 145 Å². The van der Waals surface area contributed by atoms with Crippen molar-refractivity contribution in [2.45, 2.75) is 83.1 Å². The fourth-order valence-electron chi connectivity index (χ4n) is 10.6. The molecule has 0 saturated heterocycles. The van der Waals surface area contributed by atoms with Gasteiger partial charge in [-0.05, 0) is 107 Å². The molecule has 1 aliphatic carbocycles. The summed E-state index contributed by atoms with van der Waals surface area (Å²) < 4.78 is 0. The van der Waals surface area contributed by atoms with Crippen LogP contribution in [0.4, 0.5) is 22.7 Å². The largest absolute Gasteiger partial charge is 0.376 e. The highest BCUT2D eigenvalue weighted by atomic mass is 15.3. The van der Waals surface area contributed by atoms with Crippen LogP contribution in [0, 0.1) is 0 Å². The molecule has 3 heteroatoms. The molecular formula is C49H47BN2. The number of unbranched alkanes of at least 4 members (excludes halogenated alkanes) is 2. The second-order valence-corrected chi connectivity index (χ2v) is 16.2. The van der Waals surface area contributed by atoms with E-state index in [2.05, 4.69) is 164 Å². The first-order valence-corrected chi connectivity index (χ1v) is 19.8. The van der Waals surface area contributed by atoms with E-state index in [1.54, 1.807) is 5.56 Å². The fraction of sp³-hybridized carbons (Fsp3) is 0.265. The van der Waals surface area contributed by atoms with Gasteiger partial charge in [0, 0.05) is 33.7 Å². The molecule has 3 heterocycles. The minimum Gasteiger partial charge on any atom is -0.376 e. The summed E-state index contributed by atoms with van der Waals surface area (Å²) >= 11 is 0. The predicted octanol–water partition coefficient (Wildman–Crippen LogP) is 11.7. The maximum absolute atomic E-state index is 2.87. The van der Waals surface area contributed by atoms with Gasteiger partial charge in [0.25, 0.3) is 0 Å². The topological polar surface area (TPSA) is 6.48 Å². The van der Waals surface area contributed by atoms with Crippen LogP contribution in [0.5, 0.6) is 0 Å². The summed E-state index contributed by atoms with van der Waals surface area (Å²) in [7, 11) is 0. The quantitative estimate of drug-likeness (QED) is 0.123. The Morgan fingerprint density at radius 2 is 1.31 bits per heavy atom. The first kappa shape index (κ1) is 31.7. The van der Waals surface area contributed by atoms with E-state index in [9.17, 15) is 0 Å². The van der Waals surface area contributed by atoms with Crippen LogP contribution < -0.4 is 20.6 Å². The predicted molar refractivity (Wildman–Crippen MR) is 222 cm³/mol. The lowest BCUT2D eigenvalue weighted by molar-refractivity contribution is 0.195. The average Bonchev–Trinajstić information content (AvgIpc) is 3.41. The zero-order chi connectivity index (χ0) is 35.0. The van der Waals surface area contributed by atoms with Crippen molar-refractivity contribution in [3.8, 4) is 33.4 Å². The lowest BCUT2D eigenvalue weighted by Gasteiger charge is -2.53. The maximum Gasteiger partial charge on any atom is 0.333 e. The molecule has 0 spiro atoms. The molecule has 2 atom stereocenters. The highest BCUT2D eigenvalue weighted by Crippen LogP contribution is 2.62. The maximum atomic E-state index is 2.87. The van der Waals surface area contributed by atoms with Gasteiger partial charge in [0.05, 0.1) is 5.54 Å². The third-order valence-corrected chi connectivity index (χ3v) is 13.4. The number of hydrogen-bond acceptors (Lipinski definition) is 2. The van der Waals surface area contributed by atoms with Crippen molar-refractivity contribution in [2.24, 2.45) is 0 Å². The molecule has 10 rings (SSSR count). The Labute approximate surface area is 310 Å². The van der Waals surface area contributed by atoms with E-state index in [1.165, 1.54) is 118 Å². The van der Waals surface area contributed by atoms with Gasteiger partial charge in [-0.2, -0.15) is 0 Å². The van der Waals surface area contributed by atoms with E-state index < -0.39 is 0 Å². The Hall–Kier alpha value is -5.02. The van der Waals surface area contributed by atoms with Crippen LogP contribution in [-0.2, 0) is 11.8 Å². The van der Waals surface area contributed by atoms with Gasteiger partial charge in [-0.1, -0.05) is 149 Å². The standard InChI is InChI=1S/C49H47BN2/c1-4-5-8-16-34-31-41-40-28-25-38(36-19-11-7-12-20-36)33-44(40)52(39-26-23-37(24-27-39)35-17-9-6-10-18-35)50-43-22-15-21-42-47(43)51(45(32-34)46(41)50)49(3)30-14-13-29-48(42,49)2/h6-7,9-12,15,17-28,31-33H,4-5,8,13-14,16,29-30H2,1-3H3. The van der Waals surface area contributed by atoms with Crippen LogP contribution in [-0.4, -0.2) is 12.4 Å². The molecule has 0 bridgehead atoms. The highest BCUT2D eigenvalue weighted by molar-refractivity contribution is 6.93. The Kier molecular flexibility index (Phi) is 7.33. The van der Waals surface area contributed by atoms with Gasteiger partial charge in [0.15, 0.2) is 0 Å². The van der Waals surface area contributed by atoms with E-state index in [4.69, 9.17) is 0 Å². The molecule has 6 aromatic rings. The van der Waals surface area contributed by atoms with Gasteiger partial charge in [-0.25, -0.2) is 0 Å². The second-order valence-electron chi connectivity index (χ2n) is 16.2. The van der Waals surface area contributed by atoms with E-state index >= 15 is 0 Å². The van der Waals surface area contributed by atoms with Gasteiger partial charge >= 0.3 is 6.85 Å². The van der Waals surface area contributed by atoms with E-state index in [-0.39, 0.29) is 17.8 Å². The molecule has 2 unspecified atom stereocenters. The molecule has 0 amide bonds. The van der Waals surface area contributed by atoms with Crippen LogP contribution in [0.25, 0.3) is 33.4 Å². The molecule has 2 nitrogen and oxygen atoms in total. The molecule has 0 radical (unpaired) electrons. The summed E-state index contributed by atoms with van der Waals surface area (Å²) in [4.78, 5) is 5.56. The van der Waals surface area contributed by atoms with Crippen molar-refractivity contribution in [1.82, 2.24) is 0 Å². The third kappa shape index (κ3) is 4.51. The van der Waals surface area contributed by atoms with E-state index in [1.807, 2.05) is 0 Å². The number of anilines is 4. The molecule has 0 N–H and O–H groups in total. The molecule has 4 aliphatic rings. The average molecular weight is 675 g/mol. The minimum atomic E-state index is 0.0318. The number of hydrogen-bond donors (Lipinski definition) is 0. The lowest BCUT2D eigenvalue weighted by Crippen LogP contribution is -2.64. The highest BCUT2D eigenvalue weighted by Gasteiger charge is 2.61. The summed E-state index contributed by atoms with van der Waals surface area (Å²) in [5.74, 6) is 0. The molecule has 52 heavy (non-hydrogen) atoms. The number of nitrogens with zero attached hydrogens (tertiary/aromatic N) is 2. The van der Waals surface area contributed by atoms with Crippen molar-refractivity contribution in [3.63, 3.8) is 0 Å². The molecule has 6 aromatic carbocycles. The van der Waals surface area contributed by atoms with Crippen LogP contribution >= 0.6 is 0 Å². The van der Waals surface area contributed by atoms with Gasteiger partial charge in [0.1, 0.15) is 0 Å². The minimum absolute atomic E-state index is 0.0318. The number of rotatable bonds is 7. The monoisotopic (exact) mass is 674 g/mol. The van der Waals surface area contributed by atoms with Gasteiger partial charge in [-0.3, -0.25) is 0 Å². The van der Waals surface area contributed by atoms with Crippen LogP contribution in [0.3, 0.4) is 0 Å². The Morgan fingerprint density at radius 1 is 0.615 bits per heavy atom. The normalized spacial score (nSPS) is 20.6. The number of aryl methyl sites for hydroxylation is 1. The SMILES string of the molecule is CCCCCc1cc2c3c(c1)N1c4c(cccc4C4(C)CCCCC14C)B3N(c1ccc(-c3ccccc3)cc1)c1cc(-c3ccccc3)ccc1-2. The third-order valence-electron chi connectivity index (χ3n) is 13.4. The Bertz CT molecular complexity index is 2310. The summed E-state index contributed by atoms with van der Waals surface area (Å²) in [6, 6.07) is 50.8. The van der Waals surface area contributed by atoms with Crippen LogP contribution in [0.1, 0.15) is 76.8 Å². The summed E-state index contributed by atoms with van der Waals surface area (Å²) in [6.45, 7) is 7.56. The van der Waals surface area contributed by atoms with E-state index in [0.29, 0.717) is 0 Å². The zero-order valence-electron chi connectivity index (χ0n) is 30.8. The Morgan fingerprint density at radius 3 is 2.06 bits per heavy atom. The molecule has 0 aromatic heterocycles. The van der Waals surface area contributed by atoms with Crippen molar-refractivity contribution in [2.75, 3.05) is 9.71 Å². The van der Waals surface area contributed by atoms with Gasteiger partial charge in [-0.15, -0.1) is 0 Å². The van der Waals surface area contributed by atoms with Crippen molar-refractivity contribution >= 4 is 40.5 Å². The zero-order valence-corrected chi connectivity index (χ0v) is 30.8. The number of benzene rings is 6. The summed E-state index contributed by atoms with van der Waals surface area (Å²) in [5, 5.41) is 0. The summed E-state index contributed by atoms with van der Waals surface area (Å²) in [6.07, 6.45) is 9.91. The fourth-order valence-corrected chi connectivity index (χ4v) is 10.6. The van der Waals surface area contributed by atoms with Crippen LogP contribution in [0.15, 0.2) is 133 Å². The molecular weight excluding hydrogens is 627 g/mol. The molecule has 3 aliphatic heterocycles. The van der Waals surface area contributed by atoms with Crippen LogP contribution in [0.2, 0.25) is 0 Å². The van der Waals surface area contributed by atoms with Crippen molar-refractivity contribution in [1.29, 1.82) is 0 Å². The van der Waals surface area contributed by atoms with Gasteiger partial charge in [0.2, 0.25) is 0 Å². The molecule has 1 fully saturated rings. The molecule has 1 saturated carbocycles. The first-order valence-electron chi connectivity index (χ1n) is 19.8. The Balaban J connectivity index is 1.26. The first-order chi connectivity index (χ1) is 25.5.